The number of aromatic nitrogens is 2. The molecule has 2 N–H and O–H groups in total. The maximum absolute atomic E-state index is 5.41. The number of hydrogen-bond acceptors (Lipinski definition) is 3. The van der Waals surface area contributed by atoms with Crippen LogP contribution in [0.4, 0.5) is 5.69 Å². The Kier molecular flexibility index (Phi) is 1.87. The highest BCUT2D eigenvalue weighted by Gasteiger charge is 1.96. The molecule has 9 heavy (non-hydrogen) atoms. The molecule has 0 amide bonds. The van der Waals surface area contributed by atoms with Gasteiger partial charge in [0.15, 0.2) is 0 Å². The molecule has 0 aromatic carbocycles. The largest absolute Gasteiger partial charge is 0.395 e. The molecule has 1 heterocycles. The molecule has 0 fully saturated rings. The summed E-state index contributed by atoms with van der Waals surface area (Å²) in [6.45, 7) is 0. The summed E-state index contributed by atoms with van der Waals surface area (Å²) in [6, 6.07) is 0. The Morgan fingerprint density at radius 3 is 2.78 bits per heavy atom. The van der Waals surface area contributed by atoms with Crippen molar-refractivity contribution in [3.05, 3.63) is 16.1 Å². The van der Waals surface area contributed by atoms with E-state index in [1.807, 2.05) is 0 Å². The molecular weight excluding hydrogens is 205 g/mol. The second-order valence-corrected chi connectivity index (χ2v) is 2.47. The van der Waals surface area contributed by atoms with Crippen molar-refractivity contribution in [1.29, 1.82) is 0 Å². The number of nitrogens with two attached hydrogens (primary N) is 1. The van der Waals surface area contributed by atoms with Crippen LogP contribution in [0.2, 0.25) is 5.28 Å². The summed E-state index contributed by atoms with van der Waals surface area (Å²) in [5, 5.41) is 0.191. The predicted molar refractivity (Wildman–Crippen MR) is 39.2 cm³/mol. The third-order valence-corrected chi connectivity index (χ3v) is 1.56. The Morgan fingerprint density at radius 1 is 1.67 bits per heavy atom. The summed E-state index contributed by atoms with van der Waals surface area (Å²) < 4.78 is 0.530. The molecule has 1 aromatic rings. The van der Waals surface area contributed by atoms with Gasteiger partial charge in [-0.3, -0.25) is 0 Å². The monoisotopic (exact) mass is 207 g/mol. The molecule has 0 aliphatic heterocycles. The first kappa shape index (κ1) is 6.77. The molecule has 1 aromatic heterocycles. The summed E-state index contributed by atoms with van der Waals surface area (Å²) >= 11 is 8.49. The van der Waals surface area contributed by atoms with E-state index in [4.69, 9.17) is 17.3 Å². The maximum atomic E-state index is 5.41. The van der Waals surface area contributed by atoms with Gasteiger partial charge in [0, 0.05) is 0 Å². The van der Waals surface area contributed by atoms with Crippen LogP contribution in [0, 0.1) is 0 Å². The fourth-order valence-corrected chi connectivity index (χ4v) is 0.856. The Morgan fingerprint density at radius 2 is 2.33 bits per heavy atom. The average Bonchev–Trinajstić information content (AvgIpc) is 1.80. The van der Waals surface area contributed by atoms with Gasteiger partial charge in [-0.1, -0.05) is 0 Å². The minimum Gasteiger partial charge on any atom is -0.395 e. The molecule has 0 radical (unpaired) electrons. The van der Waals surface area contributed by atoms with Gasteiger partial charge in [-0.05, 0) is 27.5 Å². The molecule has 0 bridgehead atoms. The molecule has 0 aliphatic carbocycles. The minimum absolute atomic E-state index is 0.191. The zero-order valence-corrected chi connectivity index (χ0v) is 6.65. The van der Waals surface area contributed by atoms with Crippen LogP contribution in [0.15, 0.2) is 10.8 Å². The quantitative estimate of drug-likeness (QED) is 0.519. The van der Waals surface area contributed by atoms with Gasteiger partial charge in [-0.15, -0.1) is 0 Å². The number of nitrogen functional groups attached to an aromatic ring is 1. The van der Waals surface area contributed by atoms with Gasteiger partial charge in [-0.2, -0.15) is 0 Å². The van der Waals surface area contributed by atoms with Crippen molar-refractivity contribution in [2.24, 2.45) is 0 Å². The smallest absolute Gasteiger partial charge is 0.223 e. The van der Waals surface area contributed by atoms with E-state index in [0.29, 0.717) is 10.3 Å². The zero-order chi connectivity index (χ0) is 6.85. The Hall–Kier alpha value is -0.350. The number of rotatable bonds is 0. The van der Waals surface area contributed by atoms with Crippen LogP contribution in [0.5, 0.6) is 0 Å². The molecule has 0 aliphatic rings. The summed E-state index contributed by atoms with van der Waals surface area (Å²) in [4.78, 5) is 7.36. The van der Waals surface area contributed by atoms with Gasteiger partial charge in [-0.25, -0.2) is 9.97 Å². The average molecular weight is 208 g/mol. The van der Waals surface area contributed by atoms with Crippen LogP contribution < -0.4 is 5.73 Å². The lowest BCUT2D eigenvalue weighted by atomic mass is 10.6. The van der Waals surface area contributed by atoms with Gasteiger partial charge in [0.25, 0.3) is 0 Å². The number of nitrogens with zero attached hydrogens (tertiary/aromatic N) is 2. The van der Waals surface area contributed by atoms with Crippen molar-refractivity contribution in [2.75, 3.05) is 5.73 Å². The lowest BCUT2D eigenvalue weighted by Gasteiger charge is -1.93. The lowest BCUT2D eigenvalue weighted by molar-refractivity contribution is 1.15. The number of anilines is 1. The van der Waals surface area contributed by atoms with Crippen LogP contribution >= 0.6 is 27.5 Å². The van der Waals surface area contributed by atoms with E-state index < -0.39 is 0 Å². The first-order valence-electron chi connectivity index (χ1n) is 2.13. The highest BCUT2D eigenvalue weighted by molar-refractivity contribution is 9.10. The zero-order valence-electron chi connectivity index (χ0n) is 4.31. The Balaban J connectivity index is 3.17. The summed E-state index contributed by atoms with van der Waals surface area (Å²) in [5.41, 5.74) is 5.84. The maximum Gasteiger partial charge on any atom is 0.223 e. The molecule has 1 rings (SSSR count). The van der Waals surface area contributed by atoms with Crippen molar-refractivity contribution in [1.82, 2.24) is 9.97 Å². The normalized spacial score (nSPS) is 9.56. The standard InChI is InChI=1S/C4H3BrClN3/c5-3-2(7)1-8-4(6)9-3/h1H,7H2. The summed E-state index contributed by atoms with van der Waals surface area (Å²) in [6.07, 6.45) is 1.44. The van der Waals surface area contributed by atoms with Gasteiger partial charge in [0.2, 0.25) is 5.28 Å². The van der Waals surface area contributed by atoms with E-state index in [9.17, 15) is 0 Å². The molecule has 0 spiro atoms. The first-order valence-corrected chi connectivity index (χ1v) is 3.31. The second-order valence-electron chi connectivity index (χ2n) is 1.39. The molecular formula is C4H3BrClN3. The topological polar surface area (TPSA) is 51.8 Å². The SMILES string of the molecule is Nc1cnc(Cl)nc1Br. The third-order valence-electron chi connectivity index (χ3n) is 0.739. The lowest BCUT2D eigenvalue weighted by Crippen LogP contribution is -1.91. The minimum atomic E-state index is 0.191. The fourth-order valence-electron chi connectivity index (χ4n) is 0.350. The van der Waals surface area contributed by atoms with Crippen molar-refractivity contribution in [3.63, 3.8) is 0 Å². The summed E-state index contributed by atoms with van der Waals surface area (Å²) in [7, 11) is 0. The number of halogens is 2. The van der Waals surface area contributed by atoms with Gasteiger partial charge >= 0.3 is 0 Å². The third kappa shape index (κ3) is 1.53. The Bertz CT molecular complexity index is 227. The highest BCUT2D eigenvalue weighted by Crippen LogP contribution is 2.15. The number of hydrogen-bond donors (Lipinski definition) is 1. The van der Waals surface area contributed by atoms with Gasteiger partial charge in [0.1, 0.15) is 4.60 Å². The Labute approximate surface area is 65.4 Å². The highest BCUT2D eigenvalue weighted by atomic mass is 79.9. The van der Waals surface area contributed by atoms with Gasteiger partial charge in [0.05, 0.1) is 11.9 Å². The van der Waals surface area contributed by atoms with E-state index in [1.165, 1.54) is 6.20 Å². The van der Waals surface area contributed by atoms with Crippen molar-refractivity contribution in [3.8, 4) is 0 Å². The molecule has 0 saturated carbocycles. The van der Waals surface area contributed by atoms with E-state index >= 15 is 0 Å². The molecule has 48 valence electrons. The predicted octanol–water partition coefficient (Wildman–Crippen LogP) is 1.47. The van der Waals surface area contributed by atoms with Crippen LogP contribution in [0.25, 0.3) is 0 Å². The molecule has 5 heteroatoms. The molecule has 0 unspecified atom stereocenters. The molecule has 3 nitrogen and oxygen atoms in total. The van der Waals surface area contributed by atoms with Crippen LogP contribution in [0.1, 0.15) is 0 Å². The van der Waals surface area contributed by atoms with Crippen LogP contribution in [-0.2, 0) is 0 Å². The second kappa shape index (κ2) is 2.49. The molecule has 0 saturated heterocycles. The van der Waals surface area contributed by atoms with E-state index in [1.54, 1.807) is 0 Å². The van der Waals surface area contributed by atoms with Crippen molar-refractivity contribution >= 4 is 33.2 Å². The van der Waals surface area contributed by atoms with E-state index in [2.05, 4.69) is 25.9 Å². The fraction of sp³-hybridized carbons (Fsp3) is 0. The van der Waals surface area contributed by atoms with Crippen molar-refractivity contribution < 1.29 is 0 Å². The summed E-state index contributed by atoms with van der Waals surface area (Å²) in [5.74, 6) is 0. The van der Waals surface area contributed by atoms with Gasteiger partial charge < -0.3 is 5.73 Å². The van der Waals surface area contributed by atoms with E-state index in [-0.39, 0.29) is 5.28 Å². The van der Waals surface area contributed by atoms with Crippen LogP contribution in [-0.4, -0.2) is 9.97 Å². The molecule has 0 atom stereocenters. The van der Waals surface area contributed by atoms with E-state index in [0.717, 1.165) is 0 Å². The van der Waals surface area contributed by atoms with Crippen LogP contribution in [0.3, 0.4) is 0 Å². The van der Waals surface area contributed by atoms with Crippen molar-refractivity contribution in [2.45, 2.75) is 0 Å². The first-order chi connectivity index (χ1) is 4.20.